The van der Waals surface area contributed by atoms with Crippen LogP contribution in [-0.2, 0) is 4.79 Å². The van der Waals surface area contributed by atoms with Crippen molar-refractivity contribution in [1.29, 1.82) is 0 Å². The molecule has 0 fully saturated rings. The van der Waals surface area contributed by atoms with E-state index in [9.17, 15) is 4.79 Å². The highest BCUT2D eigenvalue weighted by atomic mass is 16.2. The highest BCUT2D eigenvalue weighted by molar-refractivity contribution is 5.96. The number of nitrogens with one attached hydrogen (secondary N) is 2. The van der Waals surface area contributed by atoms with Gasteiger partial charge >= 0.3 is 0 Å². The van der Waals surface area contributed by atoms with Gasteiger partial charge in [0.15, 0.2) is 0 Å². The molecule has 1 atom stereocenters. The molecule has 0 aliphatic heterocycles. The Bertz CT molecular complexity index is 593. The minimum absolute atomic E-state index is 0.0443. The van der Waals surface area contributed by atoms with Gasteiger partial charge in [-0.15, -0.1) is 0 Å². The minimum Gasteiger partial charge on any atom is -0.374 e. The summed E-state index contributed by atoms with van der Waals surface area (Å²) in [5.74, 6) is -0.0443. The van der Waals surface area contributed by atoms with E-state index >= 15 is 0 Å². The molecule has 104 valence electrons. The Morgan fingerprint density at radius 1 is 0.950 bits per heavy atom. The molecule has 2 N–H and O–H groups in total. The third kappa shape index (κ3) is 3.60. The van der Waals surface area contributed by atoms with E-state index in [1.165, 1.54) is 11.1 Å². The van der Waals surface area contributed by atoms with Gasteiger partial charge in [-0.05, 0) is 56.2 Å². The molecule has 2 aromatic carbocycles. The van der Waals surface area contributed by atoms with Crippen LogP contribution < -0.4 is 10.6 Å². The van der Waals surface area contributed by atoms with Crippen LogP contribution >= 0.6 is 0 Å². The summed E-state index contributed by atoms with van der Waals surface area (Å²) >= 11 is 0. The summed E-state index contributed by atoms with van der Waals surface area (Å²) in [6, 6.07) is 15.4. The topological polar surface area (TPSA) is 41.1 Å². The van der Waals surface area contributed by atoms with Crippen molar-refractivity contribution in [3.63, 3.8) is 0 Å². The lowest BCUT2D eigenvalue weighted by Gasteiger charge is -2.15. The molecule has 0 saturated heterocycles. The molecule has 0 saturated carbocycles. The Kier molecular flexibility index (Phi) is 4.41. The fourth-order valence-electron chi connectivity index (χ4n) is 1.92. The van der Waals surface area contributed by atoms with E-state index in [0.717, 1.165) is 11.4 Å². The lowest BCUT2D eigenvalue weighted by Crippen LogP contribution is -2.31. The standard InChI is InChI=1S/C17H20N2O/c1-12-9-10-16(11-13(12)2)19-17(20)14(3)18-15-7-5-4-6-8-15/h4-11,14,18H,1-3H3,(H,19,20). The van der Waals surface area contributed by atoms with Crippen LogP contribution in [0.15, 0.2) is 48.5 Å². The summed E-state index contributed by atoms with van der Waals surface area (Å²) in [7, 11) is 0. The second kappa shape index (κ2) is 6.24. The molecule has 2 rings (SSSR count). The molecule has 0 aliphatic rings. The van der Waals surface area contributed by atoms with Crippen LogP contribution in [0.4, 0.5) is 11.4 Å². The van der Waals surface area contributed by atoms with Crippen LogP contribution in [0.5, 0.6) is 0 Å². The van der Waals surface area contributed by atoms with Crippen molar-refractivity contribution in [2.75, 3.05) is 10.6 Å². The first kappa shape index (κ1) is 14.1. The summed E-state index contributed by atoms with van der Waals surface area (Å²) in [4.78, 5) is 12.1. The monoisotopic (exact) mass is 268 g/mol. The number of carbonyl (C=O) groups is 1. The number of amides is 1. The van der Waals surface area contributed by atoms with E-state index in [2.05, 4.69) is 17.6 Å². The normalized spacial score (nSPS) is 11.8. The Balaban J connectivity index is 1.99. The molecule has 2 aromatic rings. The van der Waals surface area contributed by atoms with E-state index in [-0.39, 0.29) is 11.9 Å². The lowest BCUT2D eigenvalue weighted by atomic mass is 10.1. The van der Waals surface area contributed by atoms with Crippen molar-refractivity contribution < 1.29 is 4.79 Å². The zero-order valence-electron chi connectivity index (χ0n) is 12.1. The molecular formula is C17H20N2O. The highest BCUT2D eigenvalue weighted by Gasteiger charge is 2.12. The third-order valence-corrected chi connectivity index (χ3v) is 3.32. The molecule has 0 aromatic heterocycles. The molecule has 1 amide bonds. The molecule has 20 heavy (non-hydrogen) atoms. The van der Waals surface area contributed by atoms with Gasteiger partial charge in [0.05, 0.1) is 0 Å². The van der Waals surface area contributed by atoms with Crippen molar-refractivity contribution >= 4 is 17.3 Å². The van der Waals surface area contributed by atoms with E-state index < -0.39 is 0 Å². The maximum atomic E-state index is 12.1. The first-order valence-corrected chi connectivity index (χ1v) is 6.76. The Labute approximate surface area is 120 Å². The number of aryl methyl sites for hydroxylation is 2. The van der Waals surface area contributed by atoms with Crippen molar-refractivity contribution in [3.05, 3.63) is 59.7 Å². The third-order valence-electron chi connectivity index (χ3n) is 3.32. The van der Waals surface area contributed by atoms with Gasteiger partial charge in [-0.1, -0.05) is 24.3 Å². The number of benzene rings is 2. The highest BCUT2D eigenvalue weighted by Crippen LogP contribution is 2.15. The van der Waals surface area contributed by atoms with Crippen LogP contribution in [0.1, 0.15) is 18.1 Å². The quantitative estimate of drug-likeness (QED) is 0.886. The van der Waals surface area contributed by atoms with Crippen molar-refractivity contribution in [2.24, 2.45) is 0 Å². The van der Waals surface area contributed by atoms with Crippen LogP contribution in [0.25, 0.3) is 0 Å². The molecule has 3 nitrogen and oxygen atoms in total. The second-order valence-corrected chi connectivity index (χ2v) is 5.02. The number of rotatable bonds is 4. The zero-order chi connectivity index (χ0) is 14.5. The average Bonchev–Trinajstić information content (AvgIpc) is 2.44. The van der Waals surface area contributed by atoms with Crippen LogP contribution in [0, 0.1) is 13.8 Å². The van der Waals surface area contributed by atoms with Gasteiger partial charge < -0.3 is 10.6 Å². The fourth-order valence-corrected chi connectivity index (χ4v) is 1.92. The van der Waals surface area contributed by atoms with Gasteiger partial charge in [0.2, 0.25) is 5.91 Å². The molecule has 0 radical (unpaired) electrons. The van der Waals surface area contributed by atoms with Crippen molar-refractivity contribution in [2.45, 2.75) is 26.8 Å². The SMILES string of the molecule is Cc1ccc(NC(=O)C(C)Nc2ccccc2)cc1C. The Hall–Kier alpha value is -2.29. The van der Waals surface area contributed by atoms with Crippen LogP contribution in [0.2, 0.25) is 0 Å². The first-order valence-electron chi connectivity index (χ1n) is 6.76. The van der Waals surface area contributed by atoms with E-state index in [0.29, 0.717) is 0 Å². The summed E-state index contributed by atoms with van der Waals surface area (Å²) in [5, 5.41) is 6.10. The van der Waals surface area contributed by atoms with Gasteiger partial charge in [-0.25, -0.2) is 0 Å². The fraction of sp³-hybridized carbons (Fsp3) is 0.235. The smallest absolute Gasteiger partial charge is 0.246 e. The van der Waals surface area contributed by atoms with Gasteiger partial charge in [0.25, 0.3) is 0 Å². The molecular weight excluding hydrogens is 248 g/mol. The predicted molar refractivity (Wildman–Crippen MR) is 84.1 cm³/mol. The van der Waals surface area contributed by atoms with E-state index in [4.69, 9.17) is 0 Å². The molecule has 0 spiro atoms. The second-order valence-electron chi connectivity index (χ2n) is 5.02. The van der Waals surface area contributed by atoms with E-state index in [1.54, 1.807) is 0 Å². The number of carbonyl (C=O) groups excluding carboxylic acids is 1. The average molecular weight is 268 g/mol. The predicted octanol–water partition coefficient (Wildman–Crippen LogP) is 3.74. The van der Waals surface area contributed by atoms with Gasteiger partial charge in [-0.2, -0.15) is 0 Å². The van der Waals surface area contributed by atoms with Crippen LogP contribution in [0.3, 0.4) is 0 Å². The molecule has 0 aliphatic carbocycles. The maximum Gasteiger partial charge on any atom is 0.246 e. The molecule has 1 unspecified atom stereocenters. The summed E-state index contributed by atoms with van der Waals surface area (Å²) in [6.45, 7) is 5.94. The lowest BCUT2D eigenvalue weighted by molar-refractivity contribution is -0.116. The Morgan fingerprint density at radius 2 is 1.65 bits per heavy atom. The zero-order valence-corrected chi connectivity index (χ0v) is 12.1. The molecule has 3 heteroatoms. The van der Waals surface area contributed by atoms with Gasteiger partial charge in [0, 0.05) is 11.4 Å². The van der Waals surface area contributed by atoms with Crippen molar-refractivity contribution in [1.82, 2.24) is 0 Å². The number of hydrogen-bond donors (Lipinski definition) is 2. The summed E-state index contributed by atoms with van der Waals surface area (Å²) in [6.07, 6.45) is 0. The molecule has 0 bridgehead atoms. The summed E-state index contributed by atoms with van der Waals surface area (Å²) in [5.41, 5.74) is 4.17. The number of para-hydroxylation sites is 1. The number of anilines is 2. The summed E-state index contributed by atoms with van der Waals surface area (Å²) < 4.78 is 0. The molecule has 0 heterocycles. The van der Waals surface area contributed by atoms with Gasteiger partial charge in [0.1, 0.15) is 6.04 Å². The number of hydrogen-bond acceptors (Lipinski definition) is 2. The van der Waals surface area contributed by atoms with Gasteiger partial charge in [-0.3, -0.25) is 4.79 Å². The maximum absolute atomic E-state index is 12.1. The minimum atomic E-state index is -0.293. The largest absolute Gasteiger partial charge is 0.374 e. The van der Waals surface area contributed by atoms with Crippen LogP contribution in [-0.4, -0.2) is 11.9 Å². The van der Waals surface area contributed by atoms with Crippen molar-refractivity contribution in [3.8, 4) is 0 Å². The van der Waals surface area contributed by atoms with E-state index in [1.807, 2.05) is 62.4 Å². The first-order chi connectivity index (χ1) is 9.56. The Morgan fingerprint density at radius 3 is 2.30 bits per heavy atom.